The quantitative estimate of drug-likeness (QED) is 0.581. The summed E-state index contributed by atoms with van der Waals surface area (Å²) >= 11 is 0. The third kappa shape index (κ3) is 1.35. The summed E-state index contributed by atoms with van der Waals surface area (Å²) in [4.78, 5) is 13.8. The average Bonchev–Trinajstić information content (AvgIpc) is 2.31. The van der Waals surface area contributed by atoms with Gasteiger partial charge in [0.05, 0.1) is 0 Å². The minimum absolute atomic E-state index is 0.398. The number of carbonyl (C=O) groups excluding carboxylic acids is 1. The SMILES string of the molecule is CC1CCN(C(=O)C2CCC2)C1. The Bertz CT molecular complexity index is 186. The number of rotatable bonds is 1. The molecule has 1 amide bonds. The van der Waals surface area contributed by atoms with Crippen LogP contribution in [0.25, 0.3) is 0 Å². The maximum atomic E-state index is 11.7. The molecule has 0 aromatic heterocycles. The second-order valence-corrected chi connectivity index (χ2v) is 4.31. The lowest BCUT2D eigenvalue weighted by molar-refractivity contribution is -0.137. The van der Waals surface area contributed by atoms with Crippen LogP contribution >= 0.6 is 0 Å². The minimum Gasteiger partial charge on any atom is -0.342 e. The van der Waals surface area contributed by atoms with E-state index in [1.165, 1.54) is 12.8 Å². The Morgan fingerprint density at radius 1 is 1.33 bits per heavy atom. The van der Waals surface area contributed by atoms with Gasteiger partial charge in [-0.25, -0.2) is 0 Å². The molecular weight excluding hydrogens is 150 g/mol. The highest BCUT2D eigenvalue weighted by Crippen LogP contribution is 2.30. The van der Waals surface area contributed by atoms with Crippen molar-refractivity contribution in [3.63, 3.8) is 0 Å². The first-order valence-corrected chi connectivity index (χ1v) is 5.06. The molecule has 0 bridgehead atoms. The van der Waals surface area contributed by atoms with Gasteiger partial charge in [0, 0.05) is 19.0 Å². The lowest BCUT2D eigenvalue weighted by Crippen LogP contribution is -2.37. The molecule has 0 spiro atoms. The summed E-state index contributed by atoms with van der Waals surface area (Å²) < 4.78 is 0. The van der Waals surface area contributed by atoms with Gasteiger partial charge in [0.1, 0.15) is 0 Å². The van der Waals surface area contributed by atoms with Gasteiger partial charge in [-0.3, -0.25) is 4.79 Å². The Morgan fingerprint density at radius 3 is 2.50 bits per heavy atom. The standard InChI is InChI=1S/C10H17NO/c1-8-5-6-11(7-8)10(12)9-3-2-4-9/h8-9H,2-7H2,1H3. The molecule has 12 heavy (non-hydrogen) atoms. The molecule has 2 fully saturated rings. The second-order valence-electron chi connectivity index (χ2n) is 4.31. The third-order valence-corrected chi connectivity index (χ3v) is 3.19. The zero-order chi connectivity index (χ0) is 8.55. The number of amides is 1. The van der Waals surface area contributed by atoms with Gasteiger partial charge >= 0.3 is 0 Å². The van der Waals surface area contributed by atoms with Crippen molar-refractivity contribution in [3.05, 3.63) is 0 Å². The molecule has 2 aliphatic rings. The van der Waals surface area contributed by atoms with Crippen molar-refractivity contribution in [2.24, 2.45) is 11.8 Å². The van der Waals surface area contributed by atoms with Crippen LogP contribution in [-0.2, 0) is 4.79 Å². The Balaban J connectivity index is 1.87. The van der Waals surface area contributed by atoms with Gasteiger partial charge in [-0.2, -0.15) is 0 Å². The van der Waals surface area contributed by atoms with Crippen LogP contribution in [0.2, 0.25) is 0 Å². The molecule has 1 unspecified atom stereocenters. The van der Waals surface area contributed by atoms with E-state index in [2.05, 4.69) is 11.8 Å². The lowest BCUT2D eigenvalue weighted by atomic mass is 9.84. The molecule has 0 aromatic rings. The Labute approximate surface area is 73.9 Å². The first-order chi connectivity index (χ1) is 5.77. The van der Waals surface area contributed by atoms with Crippen molar-refractivity contribution < 1.29 is 4.79 Å². The Hall–Kier alpha value is -0.530. The van der Waals surface area contributed by atoms with E-state index in [1.807, 2.05) is 0 Å². The number of likely N-dealkylation sites (tertiary alicyclic amines) is 1. The van der Waals surface area contributed by atoms with Crippen LogP contribution in [0, 0.1) is 11.8 Å². The van der Waals surface area contributed by atoms with Gasteiger partial charge in [0.25, 0.3) is 0 Å². The van der Waals surface area contributed by atoms with Crippen LogP contribution in [0.5, 0.6) is 0 Å². The number of hydrogen-bond donors (Lipinski definition) is 0. The molecule has 1 saturated heterocycles. The number of carbonyl (C=O) groups is 1. The van der Waals surface area contributed by atoms with Crippen molar-refractivity contribution in [2.75, 3.05) is 13.1 Å². The van der Waals surface area contributed by atoms with Crippen LogP contribution in [0.15, 0.2) is 0 Å². The highest BCUT2D eigenvalue weighted by Gasteiger charge is 2.32. The highest BCUT2D eigenvalue weighted by atomic mass is 16.2. The monoisotopic (exact) mass is 167 g/mol. The topological polar surface area (TPSA) is 20.3 Å². The van der Waals surface area contributed by atoms with E-state index in [9.17, 15) is 4.79 Å². The molecule has 0 N–H and O–H groups in total. The molecule has 0 aromatic carbocycles. The summed E-state index contributed by atoms with van der Waals surface area (Å²) in [6.07, 6.45) is 4.76. The first kappa shape index (κ1) is 8.09. The summed E-state index contributed by atoms with van der Waals surface area (Å²) in [7, 11) is 0. The second kappa shape index (κ2) is 3.08. The summed E-state index contributed by atoms with van der Waals surface area (Å²) in [5, 5.41) is 0. The fourth-order valence-electron chi connectivity index (χ4n) is 2.05. The molecule has 2 heteroatoms. The van der Waals surface area contributed by atoms with Gasteiger partial charge in [-0.15, -0.1) is 0 Å². The van der Waals surface area contributed by atoms with Gasteiger partial charge < -0.3 is 4.90 Å². The Morgan fingerprint density at radius 2 is 2.08 bits per heavy atom. The van der Waals surface area contributed by atoms with Crippen LogP contribution in [0.3, 0.4) is 0 Å². The predicted molar refractivity (Wildman–Crippen MR) is 47.7 cm³/mol. The Kier molecular flexibility index (Phi) is 2.07. The molecule has 1 heterocycles. The maximum Gasteiger partial charge on any atom is 0.225 e. The van der Waals surface area contributed by atoms with E-state index >= 15 is 0 Å². The minimum atomic E-state index is 0.398. The van der Waals surface area contributed by atoms with E-state index in [1.54, 1.807) is 0 Å². The van der Waals surface area contributed by atoms with E-state index in [4.69, 9.17) is 0 Å². The number of hydrogen-bond acceptors (Lipinski definition) is 1. The molecule has 1 aliphatic heterocycles. The van der Waals surface area contributed by atoms with Crippen molar-refractivity contribution >= 4 is 5.91 Å². The van der Waals surface area contributed by atoms with E-state index in [-0.39, 0.29) is 0 Å². The molecule has 68 valence electrons. The van der Waals surface area contributed by atoms with Crippen LogP contribution < -0.4 is 0 Å². The van der Waals surface area contributed by atoms with Crippen LogP contribution in [0.4, 0.5) is 0 Å². The molecule has 2 nitrogen and oxygen atoms in total. The zero-order valence-corrected chi connectivity index (χ0v) is 7.75. The van der Waals surface area contributed by atoms with Crippen LogP contribution in [-0.4, -0.2) is 23.9 Å². The molecule has 1 atom stereocenters. The first-order valence-electron chi connectivity index (χ1n) is 5.06. The molecule has 0 radical (unpaired) electrons. The fraction of sp³-hybridized carbons (Fsp3) is 0.900. The predicted octanol–water partition coefficient (Wildman–Crippen LogP) is 1.65. The molecule has 1 saturated carbocycles. The van der Waals surface area contributed by atoms with Crippen molar-refractivity contribution in [2.45, 2.75) is 32.6 Å². The van der Waals surface area contributed by atoms with Gasteiger partial charge in [-0.05, 0) is 25.2 Å². The molecular formula is C10H17NO. The largest absolute Gasteiger partial charge is 0.342 e. The van der Waals surface area contributed by atoms with Gasteiger partial charge in [0.2, 0.25) is 5.91 Å². The highest BCUT2D eigenvalue weighted by molar-refractivity contribution is 5.79. The van der Waals surface area contributed by atoms with E-state index < -0.39 is 0 Å². The van der Waals surface area contributed by atoms with Gasteiger partial charge in [0.15, 0.2) is 0 Å². The molecule has 1 aliphatic carbocycles. The summed E-state index contributed by atoms with van der Waals surface area (Å²) in [5.41, 5.74) is 0. The van der Waals surface area contributed by atoms with Gasteiger partial charge in [-0.1, -0.05) is 13.3 Å². The van der Waals surface area contributed by atoms with E-state index in [0.717, 1.165) is 31.8 Å². The number of nitrogens with zero attached hydrogens (tertiary/aromatic N) is 1. The van der Waals surface area contributed by atoms with Crippen molar-refractivity contribution in [1.29, 1.82) is 0 Å². The van der Waals surface area contributed by atoms with Crippen molar-refractivity contribution in [3.8, 4) is 0 Å². The zero-order valence-electron chi connectivity index (χ0n) is 7.75. The van der Waals surface area contributed by atoms with E-state index in [0.29, 0.717) is 11.8 Å². The summed E-state index contributed by atoms with van der Waals surface area (Å²) in [5.74, 6) is 1.56. The molecule has 2 rings (SSSR count). The average molecular weight is 167 g/mol. The summed E-state index contributed by atoms with van der Waals surface area (Å²) in [6, 6.07) is 0. The summed E-state index contributed by atoms with van der Waals surface area (Å²) in [6.45, 7) is 4.25. The maximum absolute atomic E-state index is 11.7. The lowest BCUT2D eigenvalue weighted by Gasteiger charge is -2.29. The third-order valence-electron chi connectivity index (χ3n) is 3.19. The van der Waals surface area contributed by atoms with Crippen molar-refractivity contribution in [1.82, 2.24) is 4.90 Å². The fourth-order valence-corrected chi connectivity index (χ4v) is 2.05. The smallest absolute Gasteiger partial charge is 0.225 e. The normalized spacial score (nSPS) is 30.4. The van der Waals surface area contributed by atoms with Crippen LogP contribution in [0.1, 0.15) is 32.6 Å².